The number of carbonyl (C=O) groups excluding carboxylic acids is 3. The lowest BCUT2D eigenvalue weighted by Crippen LogP contribution is -2.48. The summed E-state index contributed by atoms with van der Waals surface area (Å²) in [6.45, 7) is 2.62. The van der Waals surface area contributed by atoms with Crippen molar-refractivity contribution < 1.29 is 19.3 Å². The third kappa shape index (κ3) is 4.11. The summed E-state index contributed by atoms with van der Waals surface area (Å²) in [5.41, 5.74) is 1.78. The topological polar surface area (TPSA) is 104 Å². The molecule has 0 aromatic heterocycles. The van der Waals surface area contributed by atoms with Crippen molar-refractivity contribution in [2.24, 2.45) is 0 Å². The Hall–Kier alpha value is -3.75. The van der Waals surface area contributed by atoms with Gasteiger partial charge in [0.1, 0.15) is 0 Å². The molecule has 2 heterocycles. The molecule has 0 unspecified atom stereocenters. The lowest BCUT2D eigenvalue weighted by atomic mass is 10.1. The van der Waals surface area contributed by atoms with Gasteiger partial charge in [-0.05, 0) is 30.7 Å². The maximum absolute atomic E-state index is 12.6. The molecule has 9 heteroatoms. The lowest BCUT2D eigenvalue weighted by molar-refractivity contribution is -0.384. The predicted octanol–water partition coefficient (Wildman–Crippen LogP) is 2.32. The van der Waals surface area contributed by atoms with Gasteiger partial charge in [0.15, 0.2) is 0 Å². The van der Waals surface area contributed by atoms with Crippen LogP contribution in [0.1, 0.15) is 33.6 Å². The number of imide groups is 1. The maximum atomic E-state index is 12.6. The number of non-ortho nitro benzene ring substituents is 1. The molecule has 0 radical (unpaired) electrons. The molecule has 0 bridgehead atoms. The fraction of sp³-hybridized carbons (Fsp3) is 0.318. The van der Waals surface area contributed by atoms with Gasteiger partial charge in [-0.25, -0.2) is 0 Å². The van der Waals surface area contributed by atoms with Gasteiger partial charge in [0.25, 0.3) is 17.5 Å². The zero-order valence-corrected chi connectivity index (χ0v) is 16.9. The van der Waals surface area contributed by atoms with Gasteiger partial charge < -0.3 is 9.80 Å². The van der Waals surface area contributed by atoms with E-state index in [4.69, 9.17) is 0 Å². The molecule has 0 N–H and O–H groups in total. The fourth-order valence-electron chi connectivity index (χ4n) is 3.99. The average Bonchev–Trinajstić information content (AvgIpc) is 3.04. The molecule has 4 rings (SSSR count). The molecule has 0 saturated carbocycles. The van der Waals surface area contributed by atoms with Crippen LogP contribution in [0.25, 0.3) is 0 Å². The van der Waals surface area contributed by atoms with E-state index in [1.165, 1.54) is 17.0 Å². The van der Waals surface area contributed by atoms with Gasteiger partial charge in [0.2, 0.25) is 5.91 Å². The number of nitrogens with zero attached hydrogens (tertiary/aromatic N) is 4. The van der Waals surface area contributed by atoms with E-state index in [2.05, 4.69) is 4.90 Å². The van der Waals surface area contributed by atoms with Crippen LogP contribution in [0.3, 0.4) is 0 Å². The minimum absolute atomic E-state index is 0.0000384. The number of hydrogen-bond acceptors (Lipinski definition) is 6. The average molecular weight is 422 g/mol. The Morgan fingerprint density at radius 1 is 0.903 bits per heavy atom. The van der Waals surface area contributed by atoms with E-state index in [-0.39, 0.29) is 36.4 Å². The summed E-state index contributed by atoms with van der Waals surface area (Å²) in [6.07, 6.45) is 0.692. The molecule has 2 aliphatic heterocycles. The van der Waals surface area contributed by atoms with E-state index < -0.39 is 4.92 Å². The van der Waals surface area contributed by atoms with Crippen molar-refractivity contribution in [1.29, 1.82) is 0 Å². The number of piperazine rings is 1. The predicted molar refractivity (Wildman–Crippen MR) is 113 cm³/mol. The zero-order valence-electron chi connectivity index (χ0n) is 16.9. The molecule has 31 heavy (non-hydrogen) atoms. The molecule has 2 aromatic rings. The summed E-state index contributed by atoms with van der Waals surface area (Å²) in [4.78, 5) is 52.8. The molecular formula is C22H22N4O5. The van der Waals surface area contributed by atoms with Crippen LogP contribution in [0.15, 0.2) is 48.5 Å². The van der Waals surface area contributed by atoms with Crippen LogP contribution in [0.5, 0.6) is 0 Å². The van der Waals surface area contributed by atoms with Crippen molar-refractivity contribution in [2.45, 2.75) is 12.8 Å². The number of rotatable bonds is 6. The molecule has 9 nitrogen and oxygen atoms in total. The minimum Gasteiger partial charge on any atom is -0.368 e. The van der Waals surface area contributed by atoms with Crippen LogP contribution in [0.2, 0.25) is 0 Å². The Morgan fingerprint density at radius 3 is 2.03 bits per heavy atom. The first-order valence-electron chi connectivity index (χ1n) is 10.2. The van der Waals surface area contributed by atoms with Gasteiger partial charge in [-0.2, -0.15) is 0 Å². The van der Waals surface area contributed by atoms with E-state index in [0.29, 0.717) is 43.7 Å². The second kappa shape index (κ2) is 8.55. The highest BCUT2D eigenvalue weighted by Gasteiger charge is 2.34. The van der Waals surface area contributed by atoms with Gasteiger partial charge >= 0.3 is 0 Å². The molecule has 160 valence electrons. The second-order valence-electron chi connectivity index (χ2n) is 7.55. The highest BCUT2D eigenvalue weighted by atomic mass is 16.6. The number of nitro benzene ring substituents is 1. The standard InChI is InChI=1S/C22H22N4O5/c27-20(6-3-11-25-21(28)18-4-1-2-5-19(18)22(25)29)24-14-12-23(13-15-24)16-7-9-17(10-8-16)26(30)31/h1-2,4-5,7-10H,3,6,11-15H2. The summed E-state index contributed by atoms with van der Waals surface area (Å²) in [7, 11) is 0. The van der Waals surface area contributed by atoms with Crippen molar-refractivity contribution in [1.82, 2.24) is 9.80 Å². The highest BCUT2D eigenvalue weighted by Crippen LogP contribution is 2.23. The van der Waals surface area contributed by atoms with E-state index in [9.17, 15) is 24.5 Å². The van der Waals surface area contributed by atoms with Crippen LogP contribution in [-0.4, -0.2) is 65.2 Å². The number of benzene rings is 2. The van der Waals surface area contributed by atoms with Gasteiger partial charge in [-0.3, -0.25) is 29.4 Å². The first-order valence-corrected chi connectivity index (χ1v) is 10.2. The molecule has 2 aromatic carbocycles. The molecule has 2 aliphatic rings. The first-order chi connectivity index (χ1) is 15.0. The fourth-order valence-corrected chi connectivity index (χ4v) is 3.99. The highest BCUT2D eigenvalue weighted by molar-refractivity contribution is 6.21. The lowest BCUT2D eigenvalue weighted by Gasteiger charge is -2.36. The molecule has 0 spiro atoms. The quantitative estimate of drug-likeness (QED) is 0.402. The SMILES string of the molecule is O=C(CCCN1C(=O)c2ccccc2C1=O)N1CCN(c2ccc([N+](=O)[O-])cc2)CC1. The van der Waals surface area contributed by atoms with Crippen LogP contribution >= 0.6 is 0 Å². The summed E-state index contributed by atoms with van der Waals surface area (Å²) in [5.74, 6) is -0.602. The zero-order chi connectivity index (χ0) is 22.0. The number of carbonyl (C=O) groups is 3. The van der Waals surface area contributed by atoms with Crippen molar-refractivity contribution in [3.8, 4) is 0 Å². The maximum Gasteiger partial charge on any atom is 0.269 e. The number of anilines is 1. The van der Waals surface area contributed by atoms with Crippen LogP contribution in [0, 0.1) is 10.1 Å². The number of amides is 3. The summed E-state index contributed by atoms with van der Waals surface area (Å²) in [5, 5.41) is 10.8. The van der Waals surface area contributed by atoms with Gasteiger partial charge in [-0.1, -0.05) is 12.1 Å². The Kier molecular flexibility index (Phi) is 5.66. The molecular weight excluding hydrogens is 400 g/mol. The van der Waals surface area contributed by atoms with Gasteiger partial charge in [0.05, 0.1) is 16.1 Å². The molecule has 1 saturated heterocycles. The second-order valence-corrected chi connectivity index (χ2v) is 7.55. The smallest absolute Gasteiger partial charge is 0.269 e. The number of hydrogen-bond donors (Lipinski definition) is 0. The minimum atomic E-state index is -0.428. The largest absolute Gasteiger partial charge is 0.368 e. The molecule has 3 amide bonds. The van der Waals surface area contributed by atoms with E-state index >= 15 is 0 Å². The van der Waals surface area contributed by atoms with E-state index in [1.54, 1.807) is 41.3 Å². The molecule has 0 atom stereocenters. The molecule has 1 fully saturated rings. The van der Waals surface area contributed by atoms with Gasteiger partial charge in [0, 0.05) is 57.0 Å². The summed E-state index contributed by atoms with van der Waals surface area (Å²) >= 11 is 0. The Morgan fingerprint density at radius 2 is 1.48 bits per heavy atom. The van der Waals surface area contributed by atoms with Crippen LogP contribution in [-0.2, 0) is 4.79 Å². The van der Waals surface area contributed by atoms with Crippen molar-refractivity contribution >= 4 is 29.1 Å². The monoisotopic (exact) mass is 422 g/mol. The van der Waals surface area contributed by atoms with Gasteiger partial charge in [-0.15, -0.1) is 0 Å². The third-order valence-corrected chi connectivity index (χ3v) is 5.71. The third-order valence-electron chi connectivity index (χ3n) is 5.71. The van der Waals surface area contributed by atoms with Crippen molar-refractivity contribution in [2.75, 3.05) is 37.6 Å². The summed E-state index contributed by atoms with van der Waals surface area (Å²) in [6, 6.07) is 13.1. The Labute approximate surface area is 179 Å². The van der Waals surface area contributed by atoms with Crippen molar-refractivity contribution in [3.05, 3.63) is 69.8 Å². The van der Waals surface area contributed by atoms with Crippen LogP contribution < -0.4 is 4.90 Å². The van der Waals surface area contributed by atoms with Crippen LogP contribution in [0.4, 0.5) is 11.4 Å². The van der Waals surface area contributed by atoms with E-state index in [0.717, 1.165) is 5.69 Å². The molecule has 0 aliphatic carbocycles. The normalized spacial score (nSPS) is 15.9. The summed E-state index contributed by atoms with van der Waals surface area (Å²) < 4.78 is 0. The first kappa shape index (κ1) is 20.5. The Balaban J connectivity index is 1.24. The number of nitro groups is 1. The van der Waals surface area contributed by atoms with E-state index in [1.807, 2.05) is 0 Å². The Bertz CT molecular complexity index is 993. The number of fused-ring (bicyclic) bond motifs is 1. The van der Waals surface area contributed by atoms with Crippen molar-refractivity contribution in [3.63, 3.8) is 0 Å².